The number of anilines is 2. The van der Waals surface area contributed by atoms with Crippen LogP contribution >= 0.6 is 0 Å². The Morgan fingerprint density at radius 1 is 0.724 bits per heavy atom. The average molecular weight is 386 g/mol. The molecule has 2 aliphatic carbocycles. The van der Waals surface area contributed by atoms with Gasteiger partial charge in [-0.1, -0.05) is 6.07 Å². The van der Waals surface area contributed by atoms with Crippen molar-refractivity contribution in [3.8, 4) is 17.2 Å². The first-order valence-electron chi connectivity index (χ1n) is 10.2. The van der Waals surface area contributed by atoms with Crippen molar-refractivity contribution in [2.24, 2.45) is 0 Å². The molecule has 5 rings (SSSR count). The maximum absolute atomic E-state index is 6.51. The third kappa shape index (κ3) is 3.09. The van der Waals surface area contributed by atoms with Gasteiger partial charge in [-0.2, -0.15) is 0 Å². The molecule has 148 valence electrons. The van der Waals surface area contributed by atoms with E-state index in [-0.39, 0.29) is 6.10 Å². The minimum Gasteiger partial charge on any atom is -0.489 e. The van der Waals surface area contributed by atoms with E-state index in [1.807, 2.05) is 43.3 Å². The third-order valence-electron chi connectivity index (χ3n) is 6.33. The first-order valence-corrected chi connectivity index (χ1v) is 10.2. The van der Waals surface area contributed by atoms with Crippen molar-refractivity contribution in [2.75, 3.05) is 11.5 Å². The van der Waals surface area contributed by atoms with Gasteiger partial charge >= 0.3 is 0 Å². The summed E-state index contributed by atoms with van der Waals surface area (Å²) in [7, 11) is 0. The Morgan fingerprint density at radius 3 is 2.00 bits per heavy atom. The Balaban J connectivity index is 1.41. The fraction of sp³-hybridized carbons (Fsp3) is 0.280. The van der Waals surface area contributed by atoms with Crippen molar-refractivity contribution in [3.63, 3.8) is 0 Å². The highest BCUT2D eigenvalue weighted by molar-refractivity contribution is 5.52. The second-order valence-corrected chi connectivity index (χ2v) is 8.32. The minimum absolute atomic E-state index is 0.181. The molecule has 3 unspecified atom stereocenters. The summed E-state index contributed by atoms with van der Waals surface area (Å²) in [5.74, 6) is 3.49. The lowest BCUT2D eigenvalue weighted by Gasteiger charge is -2.20. The van der Waals surface area contributed by atoms with Crippen LogP contribution in [0.2, 0.25) is 0 Å². The van der Waals surface area contributed by atoms with Gasteiger partial charge in [0.2, 0.25) is 0 Å². The van der Waals surface area contributed by atoms with Crippen LogP contribution in [-0.4, -0.2) is 6.10 Å². The second-order valence-electron chi connectivity index (χ2n) is 8.32. The number of hydrogen-bond donors (Lipinski definition) is 2. The zero-order valence-corrected chi connectivity index (χ0v) is 16.8. The summed E-state index contributed by atoms with van der Waals surface area (Å²) < 4.78 is 12.7. The molecular formula is C25H26N2O2. The van der Waals surface area contributed by atoms with E-state index in [4.69, 9.17) is 20.9 Å². The van der Waals surface area contributed by atoms with Crippen LogP contribution in [0.1, 0.15) is 46.9 Å². The van der Waals surface area contributed by atoms with Gasteiger partial charge in [0.1, 0.15) is 23.4 Å². The molecule has 3 aromatic carbocycles. The number of nitrogens with two attached hydrogens (primary N) is 2. The molecule has 0 aliphatic heterocycles. The molecule has 29 heavy (non-hydrogen) atoms. The van der Waals surface area contributed by atoms with E-state index in [2.05, 4.69) is 25.1 Å². The number of ether oxygens (including phenoxy) is 2. The number of aryl methyl sites for hydroxylation is 2. The summed E-state index contributed by atoms with van der Waals surface area (Å²) in [6.45, 7) is 4.07. The molecule has 0 spiro atoms. The molecule has 3 atom stereocenters. The highest BCUT2D eigenvalue weighted by Gasteiger charge is 2.47. The Labute approximate surface area is 171 Å². The van der Waals surface area contributed by atoms with Gasteiger partial charge in [-0.15, -0.1) is 0 Å². The maximum atomic E-state index is 6.51. The zero-order valence-electron chi connectivity index (χ0n) is 16.8. The van der Waals surface area contributed by atoms with Gasteiger partial charge in [-0.05, 0) is 97.5 Å². The molecule has 4 nitrogen and oxygen atoms in total. The lowest BCUT2D eigenvalue weighted by Crippen LogP contribution is -2.20. The first-order chi connectivity index (χ1) is 14.0. The van der Waals surface area contributed by atoms with Gasteiger partial charge in [-0.3, -0.25) is 0 Å². The third-order valence-corrected chi connectivity index (χ3v) is 6.33. The highest BCUT2D eigenvalue weighted by atomic mass is 16.5. The summed E-state index contributed by atoms with van der Waals surface area (Å²) in [5.41, 5.74) is 18.2. The monoisotopic (exact) mass is 386 g/mol. The fourth-order valence-corrected chi connectivity index (χ4v) is 4.94. The standard InChI is InChI=1S/C25H26N2O2/c1-14-11-16(26)3-9-23(14)28-18-5-6-19-20-7-8-21(22(19)13-18)25(20)29-24-10-4-17(27)12-15(24)2/h3-6,9-13,20-21,25H,7-8,26-27H2,1-2H3. The van der Waals surface area contributed by atoms with E-state index < -0.39 is 0 Å². The number of rotatable bonds is 4. The quantitative estimate of drug-likeness (QED) is 0.566. The van der Waals surface area contributed by atoms with Crippen molar-refractivity contribution in [1.29, 1.82) is 0 Å². The Hall–Kier alpha value is -3.14. The summed E-state index contributed by atoms with van der Waals surface area (Å²) in [4.78, 5) is 0. The van der Waals surface area contributed by atoms with E-state index in [0.717, 1.165) is 46.2 Å². The Morgan fingerprint density at radius 2 is 1.34 bits per heavy atom. The summed E-state index contributed by atoms with van der Waals surface area (Å²) >= 11 is 0. The largest absolute Gasteiger partial charge is 0.489 e. The summed E-state index contributed by atoms with van der Waals surface area (Å²) in [5, 5.41) is 0. The molecule has 3 aromatic rings. The van der Waals surface area contributed by atoms with Crippen LogP contribution in [0.15, 0.2) is 54.6 Å². The lowest BCUT2D eigenvalue weighted by molar-refractivity contribution is 0.185. The van der Waals surface area contributed by atoms with Crippen LogP contribution < -0.4 is 20.9 Å². The molecule has 0 radical (unpaired) electrons. The number of nitrogen functional groups attached to an aromatic ring is 2. The van der Waals surface area contributed by atoms with Crippen LogP contribution in [0.3, 0.4) is 0 Å². The molecule has 1 fully saturated rings. The Bertz CT molecular complexity index is 1090. The highest BCUT2D eigenvalue weighted by Crippen LogP contribution is 2.55. The molecule has 2 bridgehead atoms. The topological polar surface area (TPSA) is 70.5 Å². The van der Waals surface area contributed by atoms with E-state index >= 15 is 0 Å². The molecule has 0 heterocycles. The summed E-state index contributed by atoms with van der Waals surface area (Å²) in [6.07, 6.45) is 2.51. The fourth-order valence-electron chi connectivity index (χ4n) is 4.94. The molecule has 0 aromatic heterocycles. The molecule has 4 heteroatoms. The minimum atomic E-state index is 0.181. The second kappa shape index (κ2) is 6.73. The van der Waals surface area contributed by atoms with E-state index in [9.17, 15) is 0 Å². The first kappa shape index (κ1) is 17.9. The normalized spacial score (nSPS) is 21.8. The van der Waals surface area contributed by atoms with Crippen LogP contribution in [0.5, 0.6) is 17.2 Å². The molecular weight excluding hydrogens is 360 g/mol. The van der Waals surface area contributed by atoms with Crippen molar-refractivity contribution < 1.29 is 9.47 Å². The van der Waals surface area contributed by atoms with Crippen LogP contribution in [0.25, 0.3) is 0 Å². The number of hydrogen-bond acceptors (Lipinski definition) is 4. The molecule has 0 saturated heterocycles. The van der Waals surface area contributed by atoms with Crippen molar-refractivity contribution in [1.82, 2.24) is 0 Å². The van der Waals surface area contributed by atoms with Gasteiger partial charge in [-0.25, -0.2) is 0 Å². The van der Waals surface area contributed by atoms with Crippen LogP contribution in [0, 0.1) is 13.8 Å². The van der Waals surface area contributed by atoms with Crippen molar-refractivity contribution >= 4 is 11.4 Å². The van der Waals surface area contributed by atoms with Gasteiger partial charge < -0.3 is 20.9 Å². The zero-order chi connectivity index (χ0) is 20.1. The van der Waals surface area contributed by atoms with Crippen LogP contribution in [-0.2, 0) is 0 Å². The van der Waals surface area contributed by atoms with Crippen molar-refractivity contribution in [2.45, 2.75) is 44.6 Å². The average Bonchev–Trinajstić information content (AvgIpc) is 3.21. The summed E-state index contributed by atoms with van der Waals surface area (Å²) in [6, 6.07) is 18.1. The van der Waals surface area contributed by atoms with Crippen molar-refractivity contribution in [3.05, 3.63) is 76.9 Å². The SMILES string of the molecule is Cc1cc(N)ccc1Oc1ccc2c(c1)C1CCC2C1Oc1ccc(N)cc1C. The van der Waals surface area contributed by atoms with Gasteiger partial charge in [0.15, 0.2) is 0 Å². The van der Waals surface area contributed by atoms with Gasteiger partial charge in [0, 0.05) is 23.2 Å². The molecule has 1 saturated carbocycles. The smallest absolute Gasteiger partial charge is 0.130 e. The van der Waals surface area contributed by atoms with Crippen LogP contribution in [0.4, 0.5) is 11.4 Å². The van der Waals surface area contributed by atoms with Gasteiger partial charge in [0.05, 0.1) is 0 Å². The lowest BCUT2D eigenvalue weighted by atomic mass is 9.92. The Kier molecular flexibility index (Phi) is 4.16. The molecule has 0 amide bonds. The van der Waals surface area contributed by atoms with E-state index in [1.54, 1.807) is 0 Å². The van der Waals surface area contributed by atoms with E-state index in [1.165, 1.54) is 17.5 Å². The molecule has 2 aliphatic rings. The predicted octanol–water partition coefficient (Wildman–Crippen LogP) is 5.68. The maximum Gasteiger partial charge on any atom is 0.130 e. The number of fused-ring (bicyclic) bond motifs is 5. The van der Waals surface area contributed by atoms with Gasteiger partial charge in [0.25, 0.3) is 0 Å². The molecule has 4 N–H and O–H groups in total. The van der Waals surface area contributed by atoms with E-state index in [0.29, 0.717) is 11.8 Å². The number of benzene rings is 3. The predicted molar refractivity (Wildman–Crippen MR) is 117 cm³/mol.